The third kappa shape index (κ3) is 1.17. The molecule has 2 nitrogen and oxygen atoms in total. The highest BCUT2D eigenvalue weighted by Gasteiger charge is 2.48. The fourth-order valence-electron chi connectivity index (χ4n) is 2.65. The van der Waals surface area contributed by atoms with Gasteiger partial charge in [0, 0.05) is 18.0 Å². The van der Waals surface area contributed by atoms with Crippen molar-refractivity contribution >= 4 is 0 Å². The Morgan fingerprint density at radius 1 is 1.42 bits per heavy atom. The van der Waals surface area contributed by atoms with Crippen LogP contribution in [0.15, 0.2) is 0 Å². The number of ether oxygens (including phenoxy) is 1. The maximum absolute atomic E-state index is 5.31. The first-order chi connectivity index (χ1) is 5.63. The molecule has 1 spiro atoms. The van der Waals surface area contributed by atoms with Gasteiger partial charge in [0.2, 0.25) is 0 Å². The minimum atomic E-state index is 0.545. The van der Waals surface area contributed by atoms with E-state index in [0.717, 1.165) is 25.2 Å². The van der Waals surface area contributed by atoms with E-state index in [4.69, 9.17) is 4.74 Å². The summed E-state index contributed by atoms with van der Waals surface area (Å²) in [7, 11) is 2.25. The van der Waals surface area contributed by atoms with Gasteiger partial charge in [0.25, 0.3) is 0 Å². The molecule has 0 aliphatic carbocycles. The fourth-order valence-corrected chi connectivity index (χ4v) is 2.65. The van der Waals surface area contributed by atoms with E-state index in [1.807, 2.05) is 0 Å². The second-order valence-electron chi connectivity index (χ2n) is 4.92. The molecule has 12 heavy (non-hydrogen) atoms. The lowest BCUT2D eigenvalue weighted by molar-refractivity contribution is -0.104. The molecule has 2 saturated heterocycles. The van der Waals surface area contributed by atoms with E-state index in [2.05, 4.69) is 25.8 Å². The SMILES string of the molecule is CC(C)[C@@H]1CC2(COC2)CN1C. The average molecular weight is 169 g/mol. The minimum Gasteiger partial charge on any atom is -0.380 e. The van der Waals surface area contributed by atoms with E-state index in [9.17, 15) is 0 Å². The van der Waals surface area contributed by atoms with Crippen LogP contribution in [0.2, 0.25) is 0 Å². The molecule has 0 N–H and O–H groups in total. The van der Waals surface area contributed by atoms with Gasteiger partial charge in [-0.3, -0.25) is 0 Å². The van der Waals surface area contributed by atoms with Gasteiger partial charge in [-0.2, -0.15) is 0 Å². The maximum Gasteiger partial charge on any atom is 0.0557 e. The van der Waals surface area contributed by atoms with Crippen LogP contribution in [0.3, 0.4) is 0 Å². The highest BCUT2D eigenvalue weighted by atomic mass is 16.5. The standard InChI is InChI=1S/C10H19NO/c1-8(2)9-4-10(5-11(9)3)6-12-7-10/h8-9H,4-7H2,1-3H3/t9-/m0/s1. The molecule has 2 heteroatoms. The third-order valence-electron chi connectivity index (χ3n) is 3.38. The molecule has 0 aromatic carbocycles. The first-order valence-electron chi connectivity index (χ1n) is 4.91. The van der Waals surface area contributed by atoms with Crippen molar-refractivity contribution in [3.63, 3.8) is 0 Å². The van der Waals surface area contributed by atoms with Crippen LogP contribution in [-0.4, -0.2) is 37.7 Å². The van der Waals surface area contributed by atoms with Crippen molar-refractivity contribution in [1.82, 2.24) is 4.90 Å². The van der Waals surface area contributed by atoms with Crippen molar-refractivity contribution < 1.29 is 4.74 Å². The third-order valence-corrected chi connectivity index (χ3v) is 3.38. The van der Waals surface area contributed by atoms with Gasteiger partial charge in [-0.15, -0.1) is 0 Å². The Morgan fingerprint density at radius 3 is 2.33 bits per heavy atom. The van der Waals surface area contributed by atoms with Crippen molar-refractivity contribution in [1.29, 1.82) is 0 Å². The molecule has 1 atom stereocenters. The molecule has 2 aliphatic heterocycles. The van der Waals surface area contributed by atoms with E-state index < -0.39 is 0 Å². The molecular weight excluding hydrogens is 150 g/mol. The number of hydrogen-bond donors (Lipinski definition) is 0. The monoisotopic (exact) mass is 169 g/mol. The molecule has 0 amide bonds. The van der Waals surface area contributed by atoms with Crippen LogP contribution < -0.4 is 0 Å². The lowest BCUT2D eigenvalue weighted by Gasteiger charge is -2.37. The molecule has 2 rings (SSSR count). The smallest absolute Gasteiger partial charge is 0.0557 e. The maximum atomic E-state index is 5.31. The molecule has 2 aliphatic rings. The molecule has 0 aromatic heterocycles. The highest BCUT2D eigenvalue weighted by Crippen LogP contribution is 2.42. The predicted molar refractivity (Wildman–Crippen MR) is 49.1 cm³/mol. The van der Waals surface area contributed by atoms with E-state index in [0.29, 0.717) is 5.41 Å². The summed E-state index contributed by atoms with van der Waals surface area (Å²) in [6, 6.07) is 0.786. The van der Waals surface area contributed by atoms with E-state index in [1.54, 1.807) is 0 Å². The Labute approximate surface area is 74.9 Å². The molecule has 2 heterocycles. The van der Waals surface area contributed by atoms with E-state index in [-0.39, 0.29) is 0 Å². The Balaban J connectivity index is 2.02. The summed E-state index contributed by atoms with van der Waals surface area (Å²) in [6.45, 7) is 7.89. The summed E-state index contributed by atoms with van der Waals surface area (Å²) in [5.74, 6) is 0.787. The summed E-state index contributed by atoms with van der Waals surface area (Å²) in [6.07, 6.45) is 1.35. The largest absolute Gasteiger partial charge is 0.380 e. The van der Waals surface area contributed by atoms with Crippen LogP contribution in [-0.2, 0) is 4.74 Å². The van der Waals surface area contributed by atoms with Gasteiger partial charge >= 0.3 is 0 Å². The van der Waals surface area contributed by atoms with Crippen molar-refractivity contribution in [2.24, 2.45) is 11.3 Å². The summed E-state index contributed by atoms with van der Waals surface area (Å²) in [5, 5.41) is 0. The van der Waals surface area contributed by atoms with Crippen molar-refractivity contribution in [2.45, 2.75) is 26.3 Å². The Bertz CT molecular complexity index is 175. The number of nitrogens with zero attached hydrogens (tertiary/aromatic N) is 1. The van der Waals surface area contributed by atoms with Gasteiger partial charge in [0.05, 0.1) is 13.2 Å². The van der Waals surface area contributed by atoms with Crippen LogP contribution in [0, 0.1) is 11.3 Å². The number of likely N-dealkylation sites (tertiary alicyclic amines) is 1. The van der Waals surface area contributed by atoms with Gasteiger partial charge in [0.1, 0.15) is 0 Å². The summed E-state index contributed by atoms with van der Waals surface area (Å²) < 4.78 is 5.31. The Hall–Kier alpha value is -0.0800. The van der Waals surface area contributed by atoms with Crippen molar-refractivity contribution in [3.05, 3.63) is 0 Å². The summed E-state index contributed by atoms with van der Waals surface area (Å²) in [5.41, 5.74) is 0.545. The average Bonchev–Trinajstić information content (AvgIpc) is 2.26. The summed E-state index contributed by atoms with van der Waals surface area (Å²) in [4.78, 5) is 2.51. The predicted octanol–water partition coefficient (Wildman–Crippen LogP) is 1.36. The number of hydrogen-bond acceptors (Lipinski definition) is 2. The zero-order valence-electron chi connectivity index (χ0n) is 8.34. The molecule has 0 aromatic rings. The Morgan fingerprint density at radius 2 is 2.08 bits per heavy atom. The van der Waals surface area contributed by atoms with Crippen LogP contribution >= 0.6 is 0 Å². The molecule has 0 radical (unpaired) electrons. The second kappa shape index (κ2) is 2.71. The molecule has 0 unspecified atom stereocenters. The lowest BCUT2D eigenvalue weighted by Crippen LogP contribution is -2.44. The number of rotatable bonds is 1. The highest BCUT2D eigenvalue weighted by molar-refractivity contribution is 4.99. The quantitative estimate of drug-likeness (QED) is 0.587. The zero-order valence-corrected chi connectivity index (χ0v) is 8.34. The lowest BCUT2D eigenvalue weighted by atomic mass is 9.82. The fraction of sp³-hybridized carbons (Fsp3) is 1.00. The van der Waals surface area contributed by atoms with E-state index in [1.165, 1.54) is 13.0 Å². The van der Waals surface area contributed by atoms with Gasteiger partial charge in [-0.25, -0.2) is 0 Å². The second-order valence-corrected chi connectivity index (χ2v) is 4.92. The first kappa shape index (κ1) is 8.52. The molecule has 0 bridgehead atoms. The van der Waals surface area contributed by atoms with Crippen LogP contribution in [0.1, 0.15) is 20.3 Å². The van der Waals surface area contributed by atoms with Gasteiger partial charge in [-0.05, 0) is 19.4 Å². The molecule has 70 valence electrons. The molecular formula is C10H19NO. The van der Waals surface area contributed by atoms with Crippen LogP contribution in [0.4, 0.5) is 0 Å². The Kier molecular flexibility index (Phi) is 1.92. The van der Waals surface area contributed by atoms with Crippen molar-refractivity contribution in [3.8, 4) is 0 Å². The molecule has 0 saturated carbocycles. The van der Waals surface area contributed by atoms with E-state index >= 15 is 0 Å². The topological polar surface area (TPSA) is 12.5 Å². The zero-order chi connectivity index (χ0) is 8.77. The normalized spacial score (nSPS) is 34.5. The van der Waals surface area contributed by atoms with Crippen molar-refractivity contribution in [2.75, 3.05) is 26.8 Å². The summed E-state index contributed by atoms with van der Waals surface area (Å²) >= 11 is 0. The van der Waals surface area contributed by atoms with Gasteiger partial charge in [-0.1, -0.05) is 13.8 Å². The minimum absolute atomic E-state index is 0.545. The van der Waals surface area contributed by atoms with Gasteiger partial charge in [0.15, 0.2) is 0 Å². The molecule has 2 fully saturated rings. The first-order valence-corrected chi connectivity index (χ1v) is 4.91. The van der Waals surface area contributed by atoms with Crippen LogP contribution in [0.5, 0.6) is 0 Å². The van der Waals surface area contributed by atoms with Gasteiger partial charge < -0.3 is 9.64 Å². The van der Waals surface area contributed by atoms with Crippen LogP contribution in [0.25, 0.3) is 0 Å².